The third kappa shape index (κ3) is 4.11. The molecule has 8 heteroatoms. The summed E-state index contributed by atoms with van der Waals surface area (Å²) in [7, 11) is 1.78. The molecular formula is C16H21N5O3. The molecule has 0 fully saturated rings. The lowest BCUT2D eigenvalue weighted by Gasteiger charge is -2.18. The minimum atomic E-state index is -0.736. The fourth-order valence-corrected chi connectivity index (χ4v) is 2.19. The number of anilines is 1. The van der Waals surface area contributed by atoms with Gasteiger partial charge in [-0.3, -0.25) is 10.00 Å². The van der Waals surface area contributed by atoms with Crippen molar-refractivity contribution in [3.05, 3.63) is 36.4 Å². The number of ether oxygens (including phenoxy) is 1. The first-order valence-electron chi connectivity index (χ1n) is 7.61. The molecule has 0 unspecified atom stereocenters. The second-order valence-electron chi connectivity index (χ2n) is 4.97. The second-order valence-corrected chi connectivity index (χ2v) is 4.97. The van der Waals surface area contributed by atoms with Crippen LogP contribution in [0.25, 0.3) is 11.3 Å². The number of carbonyl (C=O) groups excluding carboxylic acids is 2. The fourth-order valence-electron chi connectivity index (χ4n) is 2.19. The molecule has 24 heavy (non-hydrogen) atoms. The number of imide groups is 1. The Balaban J connectivity index is 2.15. The molecular weight excluding hydrogens is 310 g/mol. The Morgan fingerprint density at radius 1 is 1.33 bits per heavy atom. The minimum absolute atomic E-state index is 0.0586. The van der Waals surface area contributed by atoms with Crippen LogP contribution in [0.5, 0.6) is 0 Å². The van der Waals surface area contributed by atoms with E-state index in [1.807, 2.05) is 30.3 Å². The summed E-state index contributed by atoms with van der Waals surface area (Å²) in [6.45, 7) is 2.04. The summed E-state index contributed by atoms with van der Waals surface area (Å²) >= 11 is 0. The molecule has 0 saturated heterocycles. The van der Waals surface area contributed by atoms with Gasteiger partial charge in [-0.1, -0.05) is 30.3 Å². The van der Waals surface area contributed by atoms with Crippen LogP contribution in [0.3, 0.4) is 0 Å². The van der Waals surface area contributed by atoms with E-state index in [2.05, 4.69) is 10.4 Å². The predicted octanol–water partition coefficient (Wildman–Crippen LogP) is 2.04. The minimum Gasteiger partial charge on any atom is -0.449 e. The van der Waals surface area contributed by atoms with Crippen molar-refractivity contribution < 1.29 is 14.3 Å². The van der Waals surface area contributed by atoms with Crippen LogP contribution in [0.2, 0.25) is 0 Å². The first kappa shape index (κ1) is 17.5. The number of aromatic nitrogens is 2. The summed E-state index contributed by atoms with van der Waals surface area (Å²) in [4.78, 5) is 25.0. The van der Waals surface area contributed by atoms with Gasteiger partial charge >= 0.3 is 12.1 Å². The van der Waals surface area contributed by atoms with Gasteiger partial charge in [-0.15, -0.1) is 0 Å². The van der Waals surface area contributed by atoms with Gasteiger partial charge < -0.3 is 10.5 Å². The summed E-state index contributed by atoms with van der Waals surface area (Å²) in [5.41, 5.74) is 7.26. The van der Waals surface area contributed by atoms with Gasteiger partial charge in [0.15, 0.2) is 5.82 Å². The molecule has 8 nitrogen and oxygen atoms in total. The molecule has 3 N–H and O–H groups in total. The highest BCUT2D eigenvalue weighted by molar-refractivity contribution is 5.98. The third-order valence-electron chi connectivity index (χ3n) is 3.27. The Morgan fingerprint density at radius 2 is 2.04 bits per heavy atom. The summed E-state index contributed by atoms with van der Waals surface area (Å²) in [6.07, 6.45) is -0.736. The average Bonchev–Trinajstić information content (AvgIpc) is 2.93. The Bertz CT molecular complexity index is 699. The number of nitrogens with one attached hydrogen (secondary N) is 1. The van der Waals surface area contributed by atoms with Gasteiger partial charge in [0.2, 0.25) is 0 Å². The molecule has 1 aromatic heterocycles. The summed E-state index contributed by atoms with van der Waals surface area (Å²) < 4.78 is 6.51. The molecule has 0 radical (unpaired) electrons. The molecule has 128 valence electrons. The van der Waals surface area contributed by atoms with Crippen molar-refractivity contribution in [3.63, 3.8) is 0 Å². The number of carbonyl (C=O) groups is 2. The van der Waals surface area contributed by atoms with Crippen LogP contribution < -0.4 is 11.1 Å². The van der Waals surface area contributed by atoms with Crippen molar-refractivity contribution in [1.29, 1.82) is 0 Å². The van der Waals surface area contributed by atoms with Gasteiger partial charge in [-0.05, 0) is 12.5 Å². The maximum Gasteiger partial charge on any atom is 0.418 e. The van der Waals surface area contributed by atoms with Crippen molar-refractivity contribution in [2.24, 2.45) is 12.8 Å². The number of hydrogen-bond acceptors (Lipinski definition) is 5. The van der Waals surface area contributed by atoms with E-state index < -0.39 is 12.1 Å². The quantitative estimate of drug-likeness (QED) is 0.873. The number of nitrogens with zero attached hydrogens (tertiary/aromatic N) is 3. The highest BCUT2D eigenvalue weighted by Crippen LogP contribution is 2.21. The number of benzene rings is 1. The molecule has 0 bridgehead atoms. The molecule has 1 heterocycles. The zero-order valence-corrected chi connectivity index (χ0v) is 13.7. The second kappa shape index (κ2) is 8.11. The Kier molecular flexibility index (Phi) is 5.91. The summed E-state index contributed by atoms with van der Waals surface area (Å²) in [6, 6.07) is 10.8. The van der Waals surface area contributed by atoms with Crippen LogP contribution in [0, 0.1) is 0 Å². The Labute approximate surface area is 140 Å². The summed E-state index contributed by atoms with van der Waals surface area (Å²) in [5.74, 6) is 0.340. The van der Waals surface area contributed by atoms with Crippen molar-refractivity contribution >= 4 is 17.9 Å². The topological polar surface area (TPSA) is 102 Å². The van der Waals surface area contributed by atoms with E-state index in [0.29, 0.717) is 5.82 Å². The van der Waals surface area contributed by atoms with Crippen molar-refractivity contribution in [1.82, 2.24) is 14.7 Å². The highest BCUT2D eigenvalue weighted by atomic mass is 16.6. The molecule has 0 saturated carbocycles. The number of rotatable bonds is 5. The highest BCUT2D eigenvalue weighted by Gasteiger charge is 2.23. The Morgan fingerprint density at radius 3 is 2.67 bits per heavy atom. The lowest BCUT2D eigenvalue weighted by molar-refractivity contribution is 0.118. The monoisotopic (exact) mass is 331 g/mol. The molecule has 2 rings (SSSR count). The van der Waals surface area contributed by atoms with Crippen LogP contribution in [0.4, 0.5) is 15.4 Å². The van der Waals surface area contributed by atoms with Gasteiger partial charge in [0.25, 0.3) is 0 Å². The standard InChI is InChI=1S/C16H21N5O3/c1-3-24-16(23)21(10-9-17)15(22)18-14-11-13(20(2)19-14)12-7-5-4-6-8-12/h4-8,11H,3,9-10,17H2,1-2H3,(H,18,19,22). The van der Waals surface area contributed by atoms with Gasteiger partial charge in [0, 0.05) is 26.2 Å². The van der Waals surface area contributed by atoms with Crippen LogP contribution in [0.15, 0.2) is 36.4 Å². The van der Waals surface area contributed by atoms with E-state index in [0.717, 1.165) is 16.2 Å². The third-order valence-corrected chi connectivity index (χ3v) is 3.27. The predicted molar refractivity (Wildman–Crippen MR) is 90.4 cm³/mol. The molecule has 0 aliphatic carbocycles. The fraction of sp³-hybridized carbons (Fsp3) is 0.312. The largest absolute Gasteiger partial charge is 0.449 e. The lowest BCUT2D eigenvalue weighted by Crippen LogP contribution is -2.43. The van der Waals surface area contributed by atoms with E-state index in [1.165, 1.54) is 0 Å². The van der Waals surface area contributed by atoms with E-state index in [9.17, 15) is 9.59 Å². The average molecular weight is 331 g/mol. The number of aryl methyl sites for hydroxylation is 1. The molecule has 0 atom stereocenters. The number of urea groups is 1. The van der Waals surface area contributed by atoms with Gasteiger partial charge in [-0.2, -0.15) is 5.10 Å². The van der Waals surface area contributed by atoms with Gasteiger partial charge in [-0.25, -0.2) is 14.5 Å². The molecule has 2 aromatic rings. The van der Waals surface area contributed by atoms with Crippen molar-refractivity contribution in [3.8, 4) is 11.3 Å². The Hall–Kier alpha value is -2.87. The first-order valence-corrected chi connectivity index (χ1v) is 7.61. The zero-order chi connectivity index (χ0) is 17.5. The molecule has 1 aromatic carbocycles. The lowest BCUT2D eigenvalue weighted by atomic mass is 10.1. The first-order chi connectivity index (χ1) is 11.6. The zero-order valence-electron chi connectivity index (χ0n) is 13.7. The summed E-state index contributed by atoms with van der Waals surface area (Å²) in [5, 5.41) is 6.85. The SMILES string of the molecule is CCOC(=O)N(CCN)C(=O)Nc1cc(-c2ccccc2)n(C)n1. The van der Waals surface area contributed by atoms with E-state index in [1.54, 1.807) is 24.7 Å². The van der Waals surface area contributed by atoms with Crippen LogP contribution >= 0.6 is 0 Å². The van der Waals surface area contributed by atoms with Crippen LogP contribution in [0.1, 0.15) is 6.92 Å². The molecule has 0 spiro atoms. The number of nitrogens with two attached hydrogens (primary N) is 1. The van der Waals surface area contributed by atoms with Crippen LogP contribution in [-0.4, -0.2) is 46.5 Å². The smallest absolute Gasteiger partial charge is 0.418 e. The molecule has 3 amide bonds. The van der Waals surface area contributed by atoms with E-state index in [-0.39, 0.29) is 19.7 Å². The number of amides is 3. The van der Waals surface area contributed by atoms with Crippen molar-refractivity contribution in [2.75, 3.05) is 25.0 Å². The van der Waals surface area contributed by atoms with Gasteiger partial charge in [0.05, 0.1) is 12.3 Å². The normalized spacial score (nSPS) is 10.3. The van der Waals surface area contributed by atoms with Crippen molar-refractivity contribution in [2.45, 2.75) is 6.92 Å². The van der Waals surface area contributed by atoms with E-state index in [4.69, 9.17) is 10.5 Å². The maximum absolute atomic E-state index is 12.3. The maximum atomic E-state index is 12.3. The van der Waals surface area contributed by atoms with Crippen LogP contribution in [-0.2, 0) is 11.8 Å². The molecule has 0 aliphatic heterocycles. The van der Waals surface area contributed by atoms with Gasteiger partial charge in [0.1, 0.15) is 0 Å². The van der Waals surface area contributed by atoms with E-state index >= 15 is 0 Å². The number of hydrogen-bond donors (Lipinski definition) is 2. The molecule has 0 aliphatic rings.